The van der Waals surface area contributed by atoms with Crippen LogP contribution in [0, 0.1) is 0 Å². The van der Waals surface area contributed by atoms with Crippen molar-refractivity contribution in [2.24, 2.45) is 0 Å². The Morgan fingerprint density at radius 2 is 2.38 bits per heavy atom. The number of hydrogen-bond acceptors (Lipinski definition) is 4. The molecule has 1 saturated heterocycles. The molecule has 3 nitrogen and oxygen atoms in total. The Morgan fingerprint density at radius 3 is 2.92 bits per heavy atom. The second-order valence-electron chi connectivity index (χ2n) is 2.06. The summed E-state index contributed by atoms with van der Waals surface area (Å²) in [6.07, 6.45) is 1.23. The summed E-state index contributed by atoms with van der Waals surface area (Å²) < 4.78 is 86.4. The molecule has 2 heterocycles. The van der Waals surface area contributed by atoms with E-state index < -0.39 is 33.0 Å². The lowest BCUT2D eigenvalue weighted by atomic mass is 10.3. The van der Waals surface area contributed by atoms with E-state index in [2.05, 4.69) is 20.9 Å². The number of aromatic nitrogens is 1. The van der Waals surface area contributed by atoms with Crippen LogP contribution in [0.2, 0.25) is 0 Å². The number of piperazine rings is 1. The van der Waals surface area contributed by atoms with E-state index in [9.17, 15) is 0 Å². The monoisotopic (exact) mass is 272 g/mol. The Labute approximate surface area is 106 Å². The van der Waals surface area contributed by atoms with Gasteiger partial charge in [-0.05, 0) is 22.9 Å². The molecule has 1 aromatic rings. The molecule has 0 aromatic carbocycles. The summed E-state index contributed by atoms with van der Waals surface area (Å²) in [5, 5.41) is -0.324. The van der Waals surface area contributed by atoms with Crippen molar-refractivity contribution < 1.29 is 15.1 Å². The van der Waals surface area contributed by atoms with Crippen LogP contribution in [-0.2, 0) is 0 Å². The zero-order valence-electron chi connectivity index (χ0n) is 17.2. The summed E-state index contributed by atoms with van der Waals surface area (Å²) in [5.41, 5.74) is 0. The highest BCUT2D eigenvalue weighted by Gasteiger charge is 2.16. The Kier molecular flexibility index (Phi) is 0.888. The minimum atomic E-state index is -3.41. The fourth-order valence-corrected chi connectivity index (χ4v) is 1.81. The molecule has 72 valence electrons. The van der Waals surface area contributed by atoms with Crippen LogP contribution in [0.4, 0.5) is 5.13 Å². The van der Waals surface area contributed by atoms with E-state index in [1.165, 1.54) is 6.20 Å². The Morgan fingerprint density at radius 1 is 1.62 bits per heavy atom. The molecule has 2 rings (SSSR count). The van der Waals surface area contributed by atoms with Crippen molar-refractivity contribution in [3.8, 4) is 0 Å². The van der Waals surface area contributed by atoms with Gasteiger partial charge >= 0.3 is 0 Å². The number of thiazole rings is 1. The molecule has 5 heteroatoms. The number of nitrogens with zero attached hydrogens (tertiary/aromatic N) is 3. The van der Waals surface area contributed by atoms with E-state index >= 15 is 0 Å². The number of rotatable bonds is 1. The number of halogens is 1. The third-order valence-electron chi connectivity index (χ3n) is 1.20. The summed E-state index contributed by atoms with van der Waals surface area (Å²) in [5.74, 6) is 0. The third kappa shape index (κ3) is 2.21. The molecule has 0 bridgehead atoms. The van der Waals surface area contributed by atoms with Crippen LogP contribution in [0.15, 0.2) is 9.98 Å². The van der Waals surface area contributed by atoms with Gasteiger partial charge in [0.15, 0.2) is 5.13 Å². The minimum Gasteiger partial charge on any atom is -0.345 e. The summed E-state index contributed by atoms with van der Waals surface area (Å²) in [6.45, 7) is -16.6. The molecule has 1 aromatic heterocycles. The summed E-state index contributed by atoms with van der Waals surface area (Å²) in [6, 6.07) is 0. The zero-order chi connectivity index (χ0) is 18.9. The topological polar surface area (TPSA) is 19.4 Å². The molecule has 1 aliphatic heterocycles. The first-order valence-corrected chi connectivity index (χ1v) is 4.82. The zero-order valence-corrected chi connectivity index (χ0v) is 8.61. The van der Waals surface area contributed by atoms with E-state index in [0.29, 0.717) is 3.79 Å². The molecular formula is C8H12BrN3S. The lowest BCUT2D eigenvalue weighted by Gasteiger charge is -2.31. The van der Waals surface area contributed by atoms with Crippen LogP contribution in [0.25, 0.3) is 0 Å². The number of likely N-dealkylation sites (N-methyl/N-ethyl adjacent to an activating group) is 1. The van der Waals surface area contributed by atoms with Crippen LogP contribution in [0.1, 0.15) is 15.1 Å². The molecule has 0 radical (unpaired) electrons. The molecular weight excluding hydrogens is 250 g/mol. The average Bonchev–Trinajstić information content (AvgIpc) is 2.69. The van der Waals surface area contributed by atoms with E-state index in [1.807, 2.05) is 0 Å². The second-order valence-corrected chi connectivity index (χ2v) is 4.45. The van der Waals surface area contributed by atoms with Crippen molar-refractivity contribution in [3.05, 3.63) is 9.98 Å². The maximum atomic E-state index is 8.05. The van der Waals surface area contributed by atoms with Crippen molar-refractivity contribution in [2.45, 2.75) is 0 Å². The van der Waals surface area contributed by atoms with Gasteiger partial charge in [0.05, 0.1) is 15.5 Å². The maximum Gasteiger partial charge on any atom is 0.186 e. The highest BCUT2D eigenvalue weighted by molar-refractivity contribution is 9.11. The van der Waals surface area contributed by atoms with Crippen molar-refractivity contribution in [1.29, 1.82) is 0 Å². The van der Waals surface area contributed by atoms with Gasteiger partial charge in [-0.25, -0.2) is 4.98 Å². The van der Waals surface area contributed by atoms with Gasteiger partial charge in [-0.15, -0.1) is 0 Å². The van der Waals surface area contributed by atoms with Crippen molar-refractivity contribution in [2.75, 3.05) is 37.9 Å². The SMILES string of the molecule is [2H]C([2H])([2H])N1C([2H])([2H])C([2H])([2H])N(c2ncc(Br)s2)C([2H])([2H])C1([2H])[2H]. The summed E-state index contributed by atoms with van der Waals surface area (Å²) in [4.78, 5) is 3.63. The molecule has 0 N–H and O–H groups in total. The lowest BCUT2D eigenvalue weighted by Crippen LogP contribution is -2.44. The number of hydrogen-bond donors (Lipinski definition) is 0. The second kappa shape index (κ2) is 3.94. The van der Waals surface area contributed by atoms with Crippen molar-refractivity contribution >= 4 is 32.4 Å². The fourth-order valence-electron chi connectivity index (χ4n) is 0.701. The van der Waals surface area contributed by atoms with Gasteiger partial charge in [-0.1, -0.05) is 11.3 Å². The molecule has 0 amide bonds. The average molecular weight is 273 g/mol. The van der Waals surface area contributed by atoms with Gasteiger partial charge in [-0.2, -0.15) is 0 Å². The van der Waals surface area contributed by atoms with Gasteiger partial charge in [0.25, 0.3) is 0 Å². The molecule has 0 aliphatic carbocycles. The van der Waals surface area contributed by atoms with Crippen LogP contribution >= 0.6 is 27.3 Å². The summed E-state index contributed by atoms with van der Waals surface area (Å²) >= 11 is 3.84. The largest absolute Gasteiger partial charge is 0.345 e. The third-order valence-corrected chi connectivity index (χ3v) is 2.67. The first-order valence-electron chi connectivity index (χ1n) is 8.71. The summed E-state index contributed by atoms with van der Waals surface area (Å²) in [7, 11) is 0. The maximum absolute atomic E-state index is 8.05. The Hall–Kier alpha value is -0.130. The van der Waals surface area contributed by atoms with Gasteiger partial charge in [0, 0.05) is 35.6 Å². The normalized spacial score (nSPS) is 48.4. The molecule has 0 atom stereocenters. The molecule has 13 heavy (non-hydrogen) atoms. The fraction of sp³-hybridized carbons (Fsp3) is 0.625. The highest BCUT2D eigenvalue weighted by atomic mass is 79.9. The molecule has 0 unspecified atom stereocenters. The minimum absolute atomic E-state index is 0.220. The van der Waals surface area contributed by atoms with E-state index in [-0.39, 0.29) is 14.9 Å². The van der Waals surface area contributed by atoms with E-state index in [0.717, 1.165) is 11.3 Å². The first kappa shape index (κ1) is 2.93. The lowest BCUT2D eigenvalue weighted by molar-refractivity contribution is 0.313. The predicted octanol–water partition coefficient (Wildman–Crippen LogP) is 1.66. The van der Waals surface area contributed by atoms with Crippen LogP contribution in [-0.4, -0.2) is 42.8 Å². The number of anilines is 1. The molecule has 0 saturated carbocycles. The van der Waals surface area contributed by atoms with Crippen molar-refractivity contribution in [3.63, 3.8) is 0 Å². The smallest absolute Gasteiger partial charge is 0.186 e. The predicted molar refractivity (Wildman–Crippen MR) is 59.5 cm³/mol. The Bertz CT molecular complexity index is 613. The molecule has 1 fully saturated rings. The van der Waals surface area contributed by atoms with Gasteiger partial charge in [0.1, 0.15) is 0 Å². The van der Waals surface area contributed by atoms with Crippen molar-refractivity contribution in [1.82, 2.24) is 9.88 Å². The van der Waals surface area contributed by atoms with Crippen LogP contribution in [0.5, 0.6) is 0 Å². The van der Waals surface area contributed by atoms with Gasteiger partial charge < -0.3 is 9.80 Å². The highest BCUT2D eigenvalue weighted by Crippen LogP contribution is 2.26. The first-order chi connectivity index (χ1) is 10.5. The van der Waals surface area contributed by atoms with Crippen LogP contribution in [0.3, 0.4) is 0 Å². The van der Waals surface area contributed by atoms with Gasteiger partial charge in [0.2, 0.25) is 0 Å². The van der Waals surface area contributed by atoms with Crippen LogP contribution < -0.4 is 4.90 Å². The van der Waals surface area contributed by atoms with E-state index in [4.69, 9.17) is 15.1 Å². The Balaban J connectivity index is 2.77. The van der Waals surface area contributed by atoms with E-state index in [1.54, 1.807) is 0 Å². The standard InChI is InChI=1S/C8H12BrN3S/c1-11-2-4-12(5-3-11)8-10-6-7(9)13-8/h6H,2-5H2,1H3/i1D3,2D2,3D2,4D2,5D2. The van der Waals surface area contributed by atoms with Gasteiger partial charge in [-0.3, -0.25) is 0 Å². The molecule has 0 spiro atoms. The molecule has 1 aliphatic rings. The quantitative estimate of drug-likeness (QED) is 0.775.